The molecular weight excluding hydrogens is 276 g/mol. The first-order valence-electron chi connectivity index (χ1n) is 5.87. The molecule has 3 rings (SSSR count). The standard InChI is InChI=1S/C13H12N4S2/c1-2-5-11(6-3-1)10-19-13-14-15-16-17(13)9-12-7-4-8-18-12/h1-8H,9-10H2. The van der Waals surface area contributed by atoms with Crippen LogP contribution in [0.15, 0.2) is 53.0 Å². The van der Waals surface area contributed by atoms with Gasteiger partial charge in [0, 0.05) is 10.6 Å². The number of hydrogen-bond acceptors (Lipinski definition) is 5. The topological polar surface area (TPSA) is 43.6 Å². The summed E-state index contributed by atoms with van der Waals surface area (Å²) in [5, 5.41) is 14.8. The van der Waals surface area contributed by atoms with Crippen LogP contribution >= 0.6 is 23.1 Å². The Morgan fingerprint density at radius 3 is 2.79 bits per heavy atom. The molecule has 0 atom stereocenters. The summed E-state index contributed by atoms with van der Waals surface area (Å²) in [6.45, 7) is 0.738. The fraction of sp³-hybridized carbons (Fsp3) is 0.154. The van der Waals surface area contributed by atoms with Crippen LogP contribution in [-0.4, -0.2) is 20.2 Å². The minimum atomic E-state index is 0.738. The molecule has 0 amide bonds. The molecule has 0 bridgehead atoms. The Labute approximate surface area is 119 Å². The molecule has 0 unspecified atom stereocenters. The van der Waals surface area contributed by atoms with Crippen LogP contribution < -0.4 is 0 Å². The van der Waals surface area contributed by atoms with Crippen LogP contribution in [0.4, 0.5) is 0 Å². The fourth-order valence-corrected chi connectivity index (χ4v) is 3.19. The summed E-state index contributed by atoms with van der Waals surface area (Å²) in [6, 6.07) is 14.5. The molecule has 0 saturated heterocycles. The third kappa shape index (κ3) is 3.21. The highest BCUT2D eigenvalue weighted by Crippen LogP contribution is 2.21. The molecule has 1 aromatic carbocycles. The second kappa shape index (κ2) is 5.99. The van der Waals surface area contributed by atoms with Gasteiger partial charge in [-0.05, 0) is 27.4 Å². The number of tetrazole rings is 1. The zero-order chi connectivity index (χ0) is 12.9. The van der Waals surface area contributed by atoms with Gasteiger partial charge in [0.15, 0.2) is 0 Å². The van der Waals surface area contributed by atoms with E-state index in [9.17, 15) is 0 Å². The first kappa shape index (κ1) is 12.4. The van der Waals surface area contributed by atoms with Gasteiger partial charge in [-0.15, -0.1) is 16.4 Å². The van der Waals surface area contributed by atoms with Crippen LogP contribution in [0.1, 0.15) is 10.4 Å². The zero-order valence-corrected chi connectivity index (χ0v) is 11.8. The van der Waals surface area contributed by atoms with E-state index in [0.717, 1.165) is 17.5 Å². The van der Waals surface area contributed by atoms with Crippen molar-refractivity contribution in [3.8, 4) is 0 Å². The summed E-state index contributed by atoms with van der Waals surface area (Å²) in [4.78, 5) is 1.26. The fourth-order valence-electron chi connectivity index (χ4n) is 1.67. The quantitative estimate of drug-likeness (QED) is 0.677. The van der Waals surface area contributed by atoms with Crippen LogP contribution in [0.5, 0.6) is 0 Å². The molecule has 0 radical (unpaired) electrons. The maximum atomic E-state index is 4.08. The van der Waals surface area contributed by atoms with Crippen molar-refractivity contribution in [2.75, 3.05) is 0 Å². The molecule has 6 heteroatoms. The first-order chi connectivity index (χ1) is 9.42. The summed E-state index contributed by atoms with van der Waals surface area (Å²) in [6.07, 6.45) is 0. The van der Waals surface area contributed by atoms with Gasteiger partial charge in [0.05, 0.1) is 6.54 Å². The smallest absolute Gasteiger partial charge is 0.209 e. The van der Waals surface area contributed by atoms with Crippen LogP contribution in [-0.2, 0) is 12.3 Å². The van der Waals surface area contributed by atoms with E-state index < -0.39 is 0 Å². The van der Waals surface area contributed by atoms with E-state index >= 15 is 0 Å². The normalized spacial score (nSPS) is 10.7. The molecule has 3 aromatic rings. The highest BCUT2D eigenvalue weighted by molar-refractivity contribution is 7.98. The van der Waals surface area contributed by atoms with E-state index in [4.69, 9.17) is 0 Å². The van der Waals surface area contributed by atoms with Crippen molar-refractivity contribution in [3.05, 3.63) is 58.3 Å². The van der Waals surface area contributed by atoms with Crippen molar-refractivity contribution >= 4 is 23.1 Å². The van der Waals surface area contributed by atoms with Gasteiger partial charge in [0.25, 0.3) is 0 Å². The lowest BCUT2D eigenvalue weighted by Gasteiger charge is -2.02. The lowest BCUT2D eigenvalue weighted by atomic mass is 10.2. The molecule has 0 N–H and O–H groups in total. The Bertz CT molecular complexity index is 619. The van der Waals surface area contributed by atoms with E-state index in [2.05, 4.69) is 39.1 Å². The Morgan fingerprint density at radius 1 is 1.11 bits per heavy atom. The van der Waals surface area contributed by atoms with Crippen molar-refractivity contribution in [3.63, 3.8) is 0 Å². The summed E-state index contributed by atoms with van der Waals surface area (Å²) < 4.78 is 1.85. The van der Waals surface area contributed by atoms with Crippen molar-refractivity contribution in [1.82, 2.24) is 20.2 Å². The predicted octanol–water partition coefficient (Wildman–Crippen LogP) is 3.08. The first-order valence-corrected chi connectivity index (χ1v) is 7.73. The van der Waals surface area contributed by atoms with Gasteiger partial charge in [-0.2, -0.15) is 0 Å². The van der Waals surface area contributed by atoms with Gasteiger partial charge in [0.1, 0.15) is 0 Å². The Kier molecular flexibility index (Phi) is 3.90. The van der Waals surface area contributed by atoms with E-state index in [0.29, 0.717) is 0 Å². The highest BCUT2D eigenvalue weighted by atomic mass is 32.2. The van der Waals surface area contributed by atoms with E-state index in [-0.39, 0.29) is 0 Å². The Balaban J connectivity index is 1.67. The second-order valence-corrected chi connectivity index (χ2v) is 5.95. The molecular formula is C13H12N4S2. The van der Waals surface area contributed by atoms with Crippen LogP contribution in [0.25, 0.3) is 0 Å². The molecule has 2 aromatic heterocycles. The molecule has 19 heavy (non-hydrogen) atoms. The molecule has 0 fully saturated rings. The van der Waals surface area contributed by atoms with Gasteiger partial charge in [-0.3, -0.25) is 0 Å². The summed E-state index contributed by atoms with van der Waals surface area (Å²) in [5.74, 6) is 0.881. The number of thioether (sulfide) groups is 1. The van der Waals surface area contributed by atoms with Crippen molar-refractivity contribution in [2.45, 2.75) is 17.5 Å². The molecule has 0 spiro atoms. The number of thiophene rings is 1. The van der Waals surface area contributed by atoms with E-state index in [1.54, 1.807) is 23.1 Å². The average molecular weight is 288 g/mol. The monoisotopic (exact) mass is 288 g/mol. The van der Waals surface area contributed by atoms with Gasteiger partial charge < -0.3 is 0 Å². The third-order valence-electron chi connectivity index (χ3n) is 2.60. The number of rotatable bonds is 5. The summed E-state index contributed by atoms with van der Waals surface area (Å²) in [5.41, 5.74) is 1.28. The number of hydrogen-bond donors (Lipinski definition) is 0. The van der Waals surface area contributed by atoms with Crippen LogP contribution in [0.3, 0.4) is 0 Å². The minimum Gasteiger partial charge on any atom is -0.215 e. The maximum absolute atomic E-state index is 4.08. The molecule has 0 aliphatic rings. The predicted molar refractivity (Wildman–Crippen MR) is 77.2 cm³/mol. The third-order valence-corrected chi connectivity index (χ3v) is 4.48. The lowest BCUT2D eigenvalue weighted by Crippen LogP contribution is -2.02. The SMILES string of the molecule is c1ccc(CSc2nnnn2Cc2cccs2)cc1. The molecule has 0 saturated carbocycles. The Morgan fingerprint density at radius 2 is 2.00 bits per heavy atom. The minimum absolute atomic E-state index is 0.738. The van der Waals surface area contributed by atoms with E-state index in [1.807, 2.05) is 28.9 Å². The molecule has 4 nitrogen and oxygen atoms in total. The average Bonchev–Trinajstić information content (AvgIpc) is 3.10. The molecule has 0 aliphatic heterocycles. The molecule has 0 aliphatic carbocycles. The van der Waals surface area contributed by atoms with Gasteiger partial charge in [0.2, 0.25) is 5.16 Å². The number of benzene rings is 1. The molecule has 96 valence electrons. The van der Waals surface area contributed by atoms with Crippen molar-refractivity contribution in [2.24, 2.45) is 0 Å². The Hall–Kier alpha value is -1.66. The maximum Gasteiger partial charge on any atom is 0.209 e. The van der Waals surface area contributed by atoms with Crippen molar-refractivity contribution in [1.29, 1.82) is 0 Å². The lowest BCUT2D eigenvalue weighted by molar-refractivity contribution is 0.608. The van der Waals surface area contributed by atoms with Crippen LogP contribution in [0, 0.1) is 0 Å². The van der Waals surface area contributed by atoms with E-state index in [1.165, 1.54) is 10.4 Å². The van der Waals surface area contributed by atoms with Crippen LogP contribution in [0.2, 0.25) is 0 Å². The van der Waals surface area contributed by atoms with Crippen molar-refractivity contribution < 1.29 is 0 Å². The summed E-state index contributed by atoms with van der Waals surface area (Å²) in [7, 11) is 0. The van der Waals surface area contributed by atoms with Gasteiger partial charge in [-0.1, -0.05) is 48.2 Å². The van der Waals surface area contributed by atoms with Gasteiger partial charge in [-0.25, -0.2) is 4.68 Å². The zero-order valence-electron chi connectivity index (χ0n) is 10.1. The number of nitrogens with zero attached hydrogens (tertiary/aromatic N) is 4. The molecule has 2 heterocycles. The highest BCUT2D eigenvalue weighted by Gasteiger charge is 2.08. The largest absolute Gasteiger partial charge is 0.215 e. The number of aromatic nitrogens is 4. The second-order valence-electron chi connectivity index (χ2n) is 3.97. The summed E-state index contributed by atoms with van der Waals surface area (Å²) >= 11 is 3.38. The van der Waals surface area contributed by atoms with Gasteiger partial charge >= 0.3 is 0 Å².